The molecule has 0 fully saturated rings. The number of anilines is 3. The molecule has 0 radical (unpaired) electrons. The fourth-order valence-electron chi connectivity index (χ4n) is 14.2. The second kappa shape index (κ2) is 18.8. The Kier molecular flexibility index (Phi) is 14.2. The minimum Gasteiger partial charge on any atom is -0.314 e. The van der Waals surface area contributed by atoms with E-state index < -0.39 is 0 Å². The molecule has 0 saturated heterocycles. The molecule has 0 N–H and O–H groups in total. The first-order valence-electron chi connectivity index (χ1n) is 26.9. The normalized spacial score (nSPS) is 11.6. The van der Waals surface area contributed by atoms with Crippen molar-refractivity contribution in [2.45, 2.75) is 0 Å². The Labute approximate surface area is 459 Å². The Hall–Kier alpha value is -3.78. The monoisotopic (exact) mass is 896 g/mol. The molecule has 8 aromatic rings. The highest BCUT2D eigenvalue weighted by molar-refractivity contribution is 6.78. The molecular weight excluding hydrogens is 832 g/mol. The molecule has 0 aliphatic heterocycles. The van der Waals surface area contributed by atoms with Crippen LogP contribution in [0.4, 0.5) is 17.1 Å². The molecule has 0 aliphatic rings. The van der Waals surface area contributed by atoms with Crippen molar-refractivity contribution in [1.82, 2.24) is 0 Å². The second-order valence-corrected chi connectivity index (χ2v) is 23.3. The average molecular weight is 890 g/mol. The Bertz CT molecular complexity index is 3610. The third-order valence-corrected chi connectivity index (χ3v) is 20.7. The topological polar surface area (TPSA) is 3.24 Å². The van der Waals surface area contributed by atoms with Gasteiger partial charge in [-0.15, -0.1) is 43.7 Å². The maximum Gasteiger partial charge on any atom is 0.142 e. The Balaban J connectivity index is 1.61. The van der Waals surface area contributed by atoms with E-state index >= 15 is 0 Å². The SMILES string of the molecule is Bc1c(B)c(B)c(-c2c(B)c(B)c(N(c3c(B)c(B)c(-c4c(B)c(B)c(B)c(B)c4B)c(B)c3B)c3c(B)c(B)c4c(c3B)c(B)c(B)c3c5c(B)c(B)c(B)c(B)c5c(B)c(B)c43)c(B)c2B)c(B)c1B. The molecule has 0 atom stereocenters. The molecule has 1 nitrogen and oxygen atoms in total. The van der Waals surface area contributed by atoms with Crippen LogP contribution in [0.25, 0.3) is 54.6 Å². The van der Waals surface area contributed by atoms with Crippen LogP contribution in [0.3, 0.4) is 0 Å². The van der Waals surface area contributed by atoms with Gasteiger partial charge in [0, 0.05) is 17.1 Å². The van der Waals surface area contributed by atoms with Crippen LogP contribution in [-0.2, 0) is 0 Å². The predicted molar refractivity (Wildman–Crippen MR) is 422 cm³/mol. The Morgan fingerprint density at radius 2 is 0.264 bits per heavy atom. The quantitative estimate of drug-likeness (QED) is 0.123. The molecule has 318 valence electrons. The highest BCUT2D eigenvalue weighted by Crippen LogP contribution is 2.31. The third-order valence-electron chi connectivity index (χ3n) is 20.7. The zero-order valence-electron chi connectivity index (χ0n) is 50.4. The van der Waals surface area contributed by atoms with Gasteiger partial charge >= 0.3 is 0 Å². The van der Waals surface area contributed by atoms with Gasteiger partial charge in [0.2, 0.25) is 0 Å². The molecular formula is C42H58B29N. The van der Waals surface area contributed by atoms with Gasteiger partial charge in [0.1, 0.15) is 228 Å². The van der Waals surface area contributed by atoms with Crippen LogP contribution >= 0.6 is 0 Å². The summed E-state index contributed by atoms with van der Waals surface area (Å²) in [4.78, 5) is 2.79. The molecule has 0 amide bonds. The van der Waals surface area contributed by atoms with Gasteiger partial charge in [-0.2, -0.15) is 0 Å². The zero-order valence-corrected chi connectivity index (χ0v) is 50.4. The summed E-state index contributed by atoms with van der Waals surface area (Å²) < 4.78 is 0. The largest absolute Gasteiger partial charge is 0.314 e. The van der Waals surface area contributed by atoms with Crippen LogP contribution in [0, 0.1) is 0 Å². The third kappa shape index (κ3) is 7.32. The highest BCUT2D eigenvalue weighted by atomic mass is 15.2. The summed E-state index contributed by atoms with van der Waals surface area (Å²) in [6.07, 6.45) is 0. The summed E-state index contributed by atoms with van der Waals surface area (Å²) in [7, 11) is 68.9. The first-order valence-corrected chi connectivity index (χ1v) is 26.9. The fourth-order valence-corrected chi connectivity index (χ4v) is 14.2. The lowest BCUT2D eigenvalue weighted by molar-refractivity contribution is 1.37. The van der Waals surface area contributed by atoms with Gasteiger partial charge in [0.25, 0.3) is 0 Å². The summed E-state index contributed by atoms with van der Waals surface area (Å²) in [6, 6.07) is 0. The predicted octanol–water partition coefficient (Wildman–Crippen LogP) is -38.6. The van der Waals surface area contributed by atoms with Gasteiger partial charge in [-0.05, 0) is 54.6 Å². The maximum absolute atomic E-state index is 2.79. The Morgan fingerprint density at radius 3 is 0.556 bits per heavy atom. The minimum absolute atomic E-state index is 1.31. The number of hydrogen-bond donors (Lipinski definition) is 0. The lowest BCUT2D eigenvalue weighted by atomic mass is 9.56. The molecule has 0 aliphatic carbocycles. The van der Waals surface area contributed by atoms with Crippen LogP contribution in [0.2, 0.25) is 0 Å². The van der Waals surface area contributed by atoms with Gasteiger partial charge in [0.05, 0.1) is 0 Å². The molecule has 8 aromatic carbocycles. The van der Waals surface area contributed by atoms with E-state index in [1.54, 1.807) is 0 Å². The summed E-state index contributed by atoms with van der Waals surface area (Å²) >= 11 is 0. The van der Waals surface area contributed by atoms with Crippen molar-refractivity contribution in [1.29, 1.82) is 0 Å². The second-order valence-electron chi connectivity index (χ2n) is 23.3. The minimum atomic E-state index is 1.31. The van der Waals surface area contributed by atoms with E-state index in [2.05, 4.69) is 232 Å². The smallest absolute Gasteiger partial charge is 0.142 e. The van der Waals surface area contributed by atoms with E-state index in [4.69, 9.17) is 0 Å². The van der Waals surface area contributed by atoms with E-state index in [9.17, 15) is 0 Å². The molecule has 0 saturated carbocycles. The van der Waals surface area contributed by atoms with Crippen LogP contribution in [0.1, 0.15) is 0 Å². The standard InChI is InChI=1S/C42H58B29N/c43-11-2-1(3-5(15(11)47)17(49)28(60)27(59)13(3)45)12(44)16(48)6-4(2)14(46)35(67)40(26(6)58)72(41-36(68)22(54)9(23(55)37(41)69)7-18(50)29(61)33(65)30(62)19(7)51)42-38(70)24(56)10(25(57)39(42)71)8-20(52)31(63)34(66)32(64)21(8)53/h43-71H2. The fraction of sp³-hybridized carbons (Fsp3) is 0. The molecule has 0 spiro atoms. The van der Waals surface area contributed by atoms with Gasteiger partial charge in [-0.3, -0.25) is 0 Å². The highest BCUT2D eigenvalue weighted by Gasteiger charge is 2.32. The van der Waals surface area contributed by atoms with Gasteiger partial charge in [-0.25, -0.2) is 0 Å². The van der Waals surface area contributed by atoms with Crippen molar-refractivity contribution < 1.29 is 0 Å². The van der Waals surface area contributed by atoms with Gasteiger partial charge in [-0.1, -0.05) is 115 Å². The summed E-state index contributed by atoms with van der Waals surface area (Å²) in [5.74, 6) is 0. The van der Waals surface area contributed by atoms with Crippen LogP contribution in [0.15, 0.2) is 0 Å². The molecule has 0 bridgehead atoms. The van der Waals surface area contributed by atoms with E-state index in [-0.39, 0.29) is 0 Å². The lowest BCUT2D eigenvalue weighted by Crippen LogP contribution is -2.58. The molecule has 8 rings (SSSR count). The lowest BCUT2D eigenvalue weighted by Gasteiger charge is -2.40. The maximum atomic E-state index is 2.79. The Morgan fingerprint density at radius 1 is 0.125 bits per heavy atom. The summed E-state index contributed by atoms with van der Waals surface area (Å²) in [6.45, 7) is 0. The summed E-state index contributed by atoms with van der Waals surface area (Å²) in [5.41, 5.74) is 49.8. The first kappa shape index (κ1) is 54.5. The molecule has 0 aromatic heterocycles. The van der Waals surface area contributed by atoms with Gasteiger partial charge < -0.3 is 4.90 Å². The van der Waals surface area contributed by atoms with Gasteiger partial charge in [0.15, 0.2) is 0 Å². The van der Waals surface area contributed by atoms with Crippen molar-refractivity contribution in [3.8, 4) is 22.3 Å². The molecule has 0 unspecified atom stereocenters. The van der Waals surface area contributed by atoms with Crippen LogP contribution in [-0.4, -0.2) is 228 Å². The van der Waals surface area contributed by atoms with E-state index in [1.165, 1.54) is 230 Å². The van der Waals surface area contributed by atoms with Crippen LogP contribution < -0.4 is 163 Å². The van der Waals surface area contributed by atoms with Crippen molar-refractivity contribution in [3.05, 3.63) is 0 Å². The number of nitrogens with zero attached hydrogens (tertiary/aromatic N) is 1. The number of benzene rings is 8. The average Bonchev–Trinajstić information content (AvgIpc) is 3.34. The van der Waals surface area contributed by atoms with Crippen LogP contribution in [0.5, 0.6) is 0 Å². The van der Waals surface area contributed by atoms with Crippen molar-refractivity contribution in [2.75, 3.05) is 4.90 Å². The number of hydrogen-bond acceptors (Lipinski definition) is 1. The molecule has 72 heavy (non-hydrogen) atoms. The molecule has 0 heterocycles. The first-order chi connectivity index (χ1) is 33.4. The zero-order chi connectivity index (χ0) is 53.8. The molecule has 30 heteroatoms. The van der Waals surface area contributed by atoms with Crippen molar-refractivity contribution in [2.24, 2.45) is 0 Å². The number of fused-ring (bicyclic) bond motifs is 5. The van der Waals surface area contributed by atoms with E-state index in [1.807, 2.05) is 0 Å². The van der Waals surface area contributed by atoms with Crippen molar-refractivity contribution >= 4 is 435 Å². The number of rotatable bonds is 5. The van der Waals surface area contributed by atoms with Crippen molar-refractivity contribution in [3.63, 3.8) is 0 Å². The van der Waals surface area contributed by atoms with E-state index in [0.717, 1.165) is 0 Å². The summed E-state index contributed by atoms with van der Waals surface area (Å²) in [5, 5.41) is 8.58. The van der Waals surface area contributed by atoms with E-state index in [0.29, 0.717) is 0 Å².